The van der Waals surface area contributed by atoms with E-state index in [-0.39, 0.29) is 30.6 Å². The largest absolute Gasteiger partial charge is 0.464 e. The summed E-state index contributed by atoms with van der Waals surface area (Å²) in [6, 6.07) is 10.9. The fraction of sp³-hybridized carbons (Fsp3) is 0.261. The molecule has 1 aliphatic heterocycles. The first-order valence-corrected chi connectivity index (χ1v) is 9.59. The number of nitrogens with one attached hydrogen (secondary N) is 1. The van der Waals surface area contributed by atoms with Crippen LogP contribution in [0.3, 0.4) is 0 Å². The van der Waals surface area contributed by atoms with Gasteiger partial charge in [-0.05, 0) is 48.7 Å². The number of furan rings is 1. The Morgan fingerprint density at radius 2 is 2.00 bits per heavy atom. The van der Waals surface area contributed by atoms with E-state index in [2.05, 4.69) is 12.2 Å². The number of rotatable bonds is 6. The van der Waals surface area contributed by atoms with Gasteiger partial charge in [-0.25, -0.2) is 0 Å². The third-order valence-electron chi connectivity index (χ3n) is 5.32. The highest BCUT2D eigenvalue weighted by Crippen LogP contribution is 2.32. The number of benzene rings is 2. The lowest BCUT2D eigenvalue weighted by Crippen LogP contribution is -2.15. The number of anilines is 1. The number of fused-ring (bicyclic) bond motifs is 2. The summed E-state index contributed by atoms with van der Waals surface area (Å²) in [5.74, 6) is -1.19. The number of aryl methyl sites for hydroxylation is 1. The van der Waals surface area contributed by atoms with Crippen molar-refractivity contribution in [2.45, 2.75) is 32.6 Å². The molecule has 0 saturated heterocycles. The molecule has 0 fully saturated rings. The van der Waals surface area contributed by atoms with E-state index >= 15 is 0 Å². The normalized spacial score (nSPS) is 15.2. The molecule has 0 spiro atoms. The molecule has 1 atom stereocenters. The zero-order valence-corrected chi connectivity index (χ0v) is 16.3. The van der Waals surface area contributed by atoms with Gasteiger partial charge in [0.1, 0.15) is 5.58 Å². The Morgan fingerprint density at radius 1 is 1.17 bits per heavy atom. The highest BCUT2D eigenvalue weighted by atomic mass is 16.5. The summed E-state index contributed by atoms with van der Waals surface area (Å²) < 4.78 is 10.7. The average Bonchev–Trinajstić information content (AvgIpc) is 3.25. The Labute approximate surface area is 167 Å². The zero-order chi connectivity index (χ0) is 20.5. The number of carbonyl (C=O) groups is 3. The lowest BCUT2D eigenvalue weighted by atomic mass is 9.99. The van der Waals surface area contributed by atoms with Gasteiger partial charge < -0.3 is 14.5 Å². The third kappa shape index (κ3) is 3.66. The first kappa shape index (κ1) is 18.9. The quantitative estimate of drug-likeness (QED) is 0.507. The minimum absolute atomic E-state index is 0.0331. The maximum atomic E-state index is 12.4. The number of ketones is 1. The Balaban J connectivity index is 1.39. The smallest absolute Gasteiger partial charge is 0.310 e. The molecule has 1 aliphatic rings. The Morgan fingerprint density at radius 3 is 2.79 bits per heavy atom. The molecule has 29 heavy (non-hydrogen) atoms. The molecular weight excluding hydrogens is 370 g/mol. The first-order chi connectivity index (χ1) is 14.0. The van der Waals surface area contributed by atoms with E-state index in [0.29, 0.717) is 11.3 Å². The van der Waals surface area contributed by atoms with Crippen LogP contribution in [0.15, 0.2) is 47.1 Å². The van der Waals surface area contributed by atoms with Gasteiger partial charge in [0.15, 0.2) is 12.4 Å². The average molecular weight is 391 g/mol. The van der Waals surface area contributed by atoms with Crippen LogP contribution >= 0.6 is 0 Å². The molecule has 2 aromatic carbocycles. The molecule has 2 heterocycles. The van der Waals surface area contributed by atoms with Crippen LogP contribution in [-0.2, 0) is 27.2 Å². The Kier molecular flexibility index (Phi) is 4.92. The Hall–Kier alpha value is -3.41. The molecular formula is C23H21NO5. The predicted molar refractivity (Wildman–Crippen MR) is 108 cm³/mol. The van der Waals surface area contributed by atoms with Crippen molar-refractivity contribution in [1.29, 1.82) is 0 Å². The fourth-order valence-electron chi connectivity index (χ4n) is 3.51. The van der Waals surface area contributed by atoms with Gasteiger partial charge in [0, 0.05) is 22.2 Å². The van der Waals surface area contributed by atoms with Gasteiger partial charge in [0.05, 0.1) is 18.6 Å². The standard InChI is InChI=1S/C23H21NO5/c1-3-14-4-6-17-16(11-28-21(17)8-14)10-22(26)29-12-20(25)15-5-7-19-18(9-15)13(2)23(27)24-19/h4-9,11,13H,3,10,12H2,1-2H3,(H,24,27)/t13-/m0/s1. The topological polar surface area (TPSA) is 85.6 Å². The number of esters is 1. The van der Waals surface area contributed by atoms with E-state index in [4.69, 9.17) is 9.15 Å². The van der Waals surface area contributed by atoms with Crippen molar-refractivity contribution in [3.63, 3.8) is 0 Å². The third-order valence-corrected chi connectivity index (χ3v) is 5.32. The van der Waals surface area contributed by atoms with Crippen LogP contribution in [0, 0.1) is 0 Å². The molecule has 0 bridgehead atoms. The number of hydrogen-bond acceptors (Lipinski definition) is 5. The van der Waals surface area contributed by atoms with Crippen LogP contribution in [0.5, 0.6) is 0 Å². The molecule has 0 saturated carbocycles. The predicted octanol–water partition coefficient (Wildman–Crippen LogP) is 4.02. The summed E-state index contributed by atoms with van der Waals surface area (Å²) in [4.78, 5) is 36.4. The van der Waals surface area contributed by atoms with Crippen molar-refractivity contribution in [1.82, 2.24) is 0 Å². The molecule has 0 radical (unpaired) electrons. The summed E-state index contributed by atoms with van der Waals surface area (Å²) in [5.41, 5.74) is 4.54. The zero-order valence-electron chi connectivity index (χ0n) is 16.3. The van der Waals surface area contributed by atoms with E-state index in [1.54, 1.807) is 31.4 Å². The monoisotopic (exact) mass is 391 g/mol. The first-order valence-electron chi connectivity index (χ1n) is 9.59. The highest BCUT2D eigenvalue weighted by Gasteiger charge is 2.27. The number of hydrogen-bond donors (Lipinski definition) is 1. The van der Waals surface area contributed by atoms with Crippen LogP contribution < -0.4 is 5.32 Å². The van der Waals surface area contributed by atoms with Crippen LogP contribution in [0.2, 0.25) is 0 Å². The van der Waals surface area contributed by atoms with Crippen LogP contribution in [0.1, 0.15) is 46.8 Å². The summed E-state index contributed by atoms with van der Waals surface area (Å²) in [6.07, 6.45) is 2.49. The highest BCUT2D eigenvalue weighted by molar-refractivity contribution is 6.05. The molecule has 1 N–H and O–H groups in total. The van der Waals surface area contributed by atoms with Crippen molar-refractivity contribution in [2.24, 2.45) is 0 Å². The molecule has 148 valence electrons. The summed E-state index contributed by atoms with van der Waals surface area (Å²) in [7, 11) is 0. The molecule has 1 amide bonds. The van der Waals surface area contributed by atoms with E-state index in [1.165, 1.54) is 0 Å². The van der Waals surface area contributed by atoms with E-state index in [9.17, 15) is 14.4 Å². The van der Waals surface area contributed by atoms with Crippen molar-refractivity contribution >= 4 is 34.3 Å². The minimum Gasteiger partial charge on any atom is -0.464 e. The molecule has 6 nitrogen and oxygen atoms in total. The summed E-state index contributed by atoms with van der Waals surface area (Å²) >= 11 is 0. The fourth-order valence-corrected chi connectivity index (χ4v) is 3.51. The van der Waals surface area contributed by atoms with Gasteiger partial charge in [0.25, 0.3) is 0 Å². The van der Waals surface area contributed by atoms with E-state index in [0.717, 1.165) is 34.1 Å². The number of carbonyl (C=O) groups excluding carboxylic acids is 3. The second kappa shape index (κ2) is 7.54. The van der Waals surface area contributed by atoms with E-state index in [1.807, 2.05) is 18.2 Å². The molecule has 3 aromatic rings. The van der Waals surface area contributed by atoms with Crippen LogP contribution in [-0.4, -0.2) is 24.3 Å². The van der Waals surface area contributed by atoms with Gasteiger partial charge in [-0.1, -0.05) is 19.1 Å². The van der Waals surface area contributed by atoms with Crippen molar-refractivity contribution in [3.8, 4) is 0 Å². The van der Waals surface area contributed by atoms with Gasteiger partial charge in [-0.15, -0.1) is 0 Å². The van der Waals surface area contributed by atoms with Crippen LogP contribution in [0.4, 0.5) is 5.69 Å². The number of amides is 1. The molecule has 4 rings (SSSR count). The lowest BCUT2D eigenvalue weighted by Gasteiger charge is -2.07. The summed E-state index contributed by atoms with van der Waals surface area (Å²) in [6.45, 7) is 3.51. The van der Waals surface area contributed by atoms with Crippen molar-refractivity contribution in [2.75, 3.05) is 11.9 Å². The Bertz CT molecular complexity index is 1130. The molecule has 0 aliphatic carbocycles. The summed E-state index contributed by atoms with van der Waals surface area (Å²) in [5, 5.41) is 3.64. The van der Waals surface area contributed by atoms with Gasteiger partial charge in [-0.2, -0.15) is 0 Å². The lowest BCUT2D eigenvalue weighted by molar-refractivity contribution is -0.141. The van der Waals surface area contributed by atoms with Gasteiger partial charge >= 0.3 is 5.97 Å². The SMILES string of the molecule is CCc1ccc2c(CC(=O)OCC(=O)c3ccc4c(c3)[C@H](C)C(=O)N4)coc2c1. The number of Topliss-reactive ketones (excluding diaryl/α,β-unsaturated/α-hetero) is 1. The molecule has 1 aromatic heterocycles. The maximum absolute atomic E-state index is 12.4. The van der Waals surface area contributed by atoms with Crippen LogP contribution in [0.25, 0.3) is 11.0 Å². The molecule has 0 unspecified atom stereocenters. The number of ether oxygens (including phenoxy) is 1. The second-order valence-corrected chi connectivity index (χ2v) is 7.22. The van der Waals surface area contributed by atoms with Gasteiger partial charge in [0.2, 0.25) is 5.91 Å². The van der Waals surface area contributed by atoms with Crippen molar-refractivity contribution < 1.29 is 23.5 Å². The molecule has 6 heteroatoms. The minimum atomic E-state index is -0.494. The van der Waals surface area contributed by atoms with Gasteiger partial charge in [-0.3, -0.25) is 14.4 Å². The second-order valence-electron chi connectivity index (χ2n) is 7.22. The van der Waals surface area contributed by atoms with E-state index < -0.39 is 5.97 Å². The van der Waals surface area contributed by atoms with Crippen molar-refractivity contribution in [3.05, 3.63) is 64.9 Å². The maximum Gasteiger partial charge on any atom is 0.310 e.